The van der Waals surface area contributed by atoms with Crippen LogP contribution in [0.15, 0.2) is 18.2 Å². The molecule has 0 N–H and O–H groups in total. The van der Waals surface area contributed by atoms with E-state index in [2.05, 4.69) is 39.0 Å². The third-order valence-corrected chi connectivity index (χ3v) is 2.07. The van der Waals surface area contributed by atoms with E-state index in [1.54, 1.807) is 7.11 Å². The summed E-state index contributed by atoms with van der Waals surface area (Å²) in [4.78, 5) is 0. The normalized spacial score (nSPS) is 13.0. The molecule has 0 radical (unpaired) electrons. The van der Waals surface area contributed by atoms with Crippen molar-refractivity contribution in [3.8, 4) is 0 Å². The largest absolute Gasteiger partial charge is 0.377 e. The van der Waals surface area contributed by atoms with Gasteiger partial charge in [-0.1, -0.05) is 29.3 Å². The average molecular weight is 164 g/mol. The van der Waals surface area contributed by atoms with Crippen molar-refractivity contribution in [2.75, 3.05) is 7.11 Å². The smallest absolute Gasteiger partial charge is 0.0793 e. The van der Waals surface area contributed by atoms with E-state index in [0.29, 0.717) is 0 Å². The maximum atomic E-state index is 5.25. The average Bonchev–Trinajstić information content (AvgIpc) is 2.01. The molecule has 0 aliphatic heterocycles. The van der Waals surface area contributed by atoms with Gasteiger partial charge in [-0.25, -0.2) is 0 Å². The Morgan fingerprint density at radius 2 is 1.58 bits per heavy atom. The monoisotopic (exact) mass is 164 g/mol. The molecule has 1 aromatic carbocycles. The Bertz CT molecular complexity index is 245. The molecule has 1 nitrogen and oxygen atoms in total. The third kappa shape index (κ3) is 2.08. The Morgan fingerprint density at radius 1 is 1.08 bits per heavy atom. The fraction of sp³-hybridized carbons (Fsp3) is 0.455. The first-order valence-corrected chi connectivity index (χ1v) is 4.24. The second-order valence-corrected chi connectivity index (χ2v) is 3.30. The van der Waals surface area contributed by atoms with Crippen LogP contribution in [0.1, 0.15) is 29.7 Å². The van der Waals surface area contributed by atoms with Gasteiger partial charge in [0.2, 0.25) is 0 Å². The number of ether oxygens (including phenoxy) is 1. The first kappa shape index (κ1) is 9.27. The first-order valence-electron chi connectivity index (χ1n) is 4.24. The van der Waals surface area contributed by atoms with Gasteiger partial charge in [-0.15, -0.1) is 0 Å². The van der Waals surface area contributed by atoms with Gasteiger partial charge in [0.15, 0.2) is 0 Å². The number of hydrogen-bond donors (Lipinski definition) is 0. The summed E-state index contributed by atoms with van der Waals surface area (Å²) in [7, 11) is 1.74. The third-order valence-electron chi connectivity index (χ3n) is 2.07. The lowest BCUT2D eigenvalue weighted by Crippen LogP contribution is -1.96. The number of benzene rings is 1. The van der Waals surface area contributed by atoms with E-state index in [1.165, 1.54) is 16.7 Å². The zero-order valence-electron chi connectivity index (χ0n) is 8.22. The Hall–Kier alpha value is -0.820. The molecule has 0 amide bonds. The highest BCUT2D eigenvalue weighted by Crippen LogP contribution is 2.18. The van der Waals surface area contributed by atoms with E-state index in [-0.39, 0.29) is 6.10 Å². The molecule has 0 aliphatic rings. The van der Waals surface area contributed by atoms with E-state index in [4.69, 9.17) is 4.74 Å². The molecule has 1 atom stereocenters. The molecule has 0 saturated carbocycles. The topological polar surface area (TPSA) is 9.23 Å². The molecule has 1 heteroatoms. The first-order chi connectivity index (χ1) is 5.63. The minimum Gasteiger partial charge on any atom is -0.377 e. The Morgan fingerprint density at radius 3 is 2.00 bits per heavy atom. The number of methoxy groups -OCH3 is 1. The molecular weight excluding hydrogens is 148 g/mol. The van der Waals surface area contributed by atoms with Gasteiger partial charge in [0.1, 0.15) is 0 Å². The van der Waals surface area contributed by atoms with Crippen LogP contribution in [0.5, 0.6) is 0 Å². The Kier molecular flexibility index (Phi) is 2.88. The zero-order valence-corrected chi connectivity index (χ0v) is 8.22. The number of rotatable bonds is 2. The van der Waals surface area contributed by atoms with Gasteiger partial charge in [0.25, 0.3) is 0 Å². The van der Waals surface area contributed by atoms with Crippen LogP contribution in [0.2, 0.25) is 0 Å². The van der Waals surface area contributed by atoms with Crippen LogP contribution in [0.25, 0.3) is 0 Å². The van der Waals surface area contributed by atoms with Gasteiger partial charge in [-0.05, 0) is 26.3 Å². The summed E-state index contributed by atoms with van der Waals surface area (Å²) in [5.41, 5.74) is 3.86. The van der Waals surface area contributed by atoms with Gasteiger partial charge in [-0.2, -0.15) is 0 Å². The van der Waals surface area contributed by atoms with Crippen molar-refractivity contribution < 1.29 is 4.74 Å². The molecule has 0 aromatic heterocycles. The van der Waals surface area contributed by atoms with Crippen molar-refractivity contribution in [3.63, 3.8) is 0 Å². The fourth-order valence-electron chi connectivity index (χ4n) is 1.38. The lowest BCUT2D eigenvalue weighted by molar-refractivity contribution is 0.119. The van der Waals surface area contributed by atoms with Crippen LogP contribution in [0.4, 0.5) is 0 Å². The van der Waals surface area contributed by atoms with Gasteiger partial charge in [0.05, 0.1) is 6.10 Å². The Balaban J connectivity index is 3.00. The number of hydrogen-bond acceptors (Lipinski definition) is 1. The minimum atomic E-state index is 0.198. The number of aryl methyl sites for hydroxylation is 2. The second kappa shape index (κ2) is 3.72. The summed E-state index contributed by atoms with van der Waals surface area (Å²) < 4.78 is 5.25. The molecule has 0 unspecified atom stereocenters. The molecule has 0 fully saturated rings. The van der Waals surface area contributed by atoms with Gasteiger partial charge < -0.3 is 4.74 Å². The lowest BCUT2D eigenvalue weighted by Gasteiger charge is -2.11. The highest BCUT2D eigenvalue weighted by molar-refractivity contribution is 5.29. The summed E-state index contributed by atoms with van der Waals surface area (Å²) in [6, 6.07) is 6.51. The van der Waals surface area contributed by atoms with Crippen molar-refractivity contribution in [2.45, 2.75) is 26.9 Å². The highest BCUT2D eigenvalue weighted by Gasteiger charge is 2.03. The van der Waals surface area contributed by atoms with Crippen molar-refractivity contribution in [2.24, 2.45) is 0 Å². The van der Waals surface area contributed by atoms with E-state index in [1.807, 2.05) is 0 Å². The molecule has 0 heterocycles. The van der Waals surface area contributed by atoms with Gasteiger partial charge in [-0.3, -0.25) is 0 Å². The SMILES string of the molecule is CO[C@H](C)c1cc(C)cc(C)c1. The molecule has 1 aromatic rings. The summed E-state index contributed by atoms with van der Waals surface area (Å²) in [6.45, 7) is 6.28. The predicted octanol–water partition coefficient (Wildman–Crippen LogP) is 3.01. The van der Waals surface area contributed by atoms with Crippen LogP contribution in [-0.2, 0) is 4.74 Å². The highest BCUT2D eigenvalue weighted by atomic mass is 16.5. The zero-order chi connectivity index (χ0) is 9.14. The van der Waals surface area contributed by atoms with E-state index >= 15 is 0 Å². The maximum Gasteiger partial charge on any atom is 0.0793 e. The van der Waals surface area contributed by atoms with Crippen molar-refractivity contribution in [1.82, 2.24) is 0 Å². The summed E-state index contributed by atoms with van der Waals surface area (Å²) in [6.07, 6.45) is 0.198. The molecule has 0 spiro atoms. The lowest BCUT2D eigenvalue weighted by atomic mass is 10.0. The van der Waals surface area contributed by atoms with E-state index < -0.39 is 0 Å². The van der Waals surface area contributed by atoms with Gasteiger partial charge in [0, 0.05) is 7.11 Å². The molecule has 66 valence electrons. The summed E-state index contributed by atoms with van der Waals surface area (Å²) in [5.74, 6) is 0. The minimum absolute atomic E-state index is 0.198. The molecule has 0 bridgehead atoms. The summed E-state index contributed by atoms with van der Waals surface area (Å²) >= 11 is 0. The van der Waals surface area contributed by atoms with Crippen molar-refractivity contribution in [3.05, 3.63) is 34.9 Å². The molecule has 12 heavy (non-hydrogen) atoms. The van der Waals surface area contributed by atoms with Crippen LogP contribution < -0.4 is 0 Å². The van der Waals surface area contributed by atoms with Crippen molar-refractivity contribution >= 4 is 0 Å². The quantitative estimate of drug-likeness (QED) is 0.653. The van der Waals surface area contributed by atoms with E-state index in [9.17, 15) is 0 Å². The summed E-state index contributed by atoms with van der Waals surface area (Å²) in [5, 5.41) is 0. The van der Waals surface area contributed by atoms with E-state index in [0.717, 1.165) is 0 Å². The Labute approximate surface area is 74.4 Å². The van der Waals surface area contributed by atoms with Crippen LogP contribution >= 0.6 is 0 Å². The maximum absolute atomic E-state index is 5.25. The molecule has 1 rings (SSSR count). The fourth-order valence-corrected chi connectivity index (χ4v) is 1.38. The van der Waals surface area contributed by atoms with Crippen LogP contribution in [-0.4, -0.2) is 7.11 Å². The molecule has 0 saturated heterocycles. The molecular formula is C11H16O. The van der Waals surface area contributed by atoms with Gasteiger partial charge >= 0.3 is 0 Å². The van der Waals surface area contributed by atoms with Crippen LogP contribution in [0, 0.1) is 13.8 Å². The van der Waals surface area contributed by atoms with Crippen LogP contribution in [0.3, 0.4) is 0 Å². The molecule has 0 aliphatic carbocycles. The van der Waals surface area contributed by atoms with Crippen molar-refractivity contribution in [1.29, 1.82) is 0 Å². The standard InChI is InChI=1S/C11H16O/c1-8-5-9(2)7-11(6-8)10(3)12-4/h5-7,10H,1-4H3/t10-/m1/s1. The predicted molar refractivity (Wildman–Crippen MR) is 51.3 cm³/mol. The second-order valence-electron chi connectivity index (χ2n) is 3.30.